The molecule has 218 valence electrons. The molecule has 0 saturated carbocycles. The number of para-hydroxylation sites is 2. The number of likely N-dealkylation sites (N-methyl/N-ethyl adjacent to an activating group) is 1. The predicted octanol–water partition coefficient (Wildman–Crippen LogP) is 3.94. The number of benzene rings is 3. The summed E-state index contributed by atoms with van der Waals surface area (Å²) in [4.78, 5) is 32.1. The minimum atomic E-state index is -0.314. The van der Waals surface area contributed by atoms with Crippen LogP contribution < -0.4 is 20.7 Å². The molecule has 2 amide bonds. The second-order valence-electron chi connectivity index (χ2n) is 11.1. The van der Waals surface area contributed by atoms with Crippen molar-refractivity contribution in [2.45, 2.75) is 32.5 Å². The Kier molecular flexibility index (Phi) is 9.52. The fourth-order valence-corrected chi connectivity index (χ4v) is 4.96. The normalized spacial score (nSPS) is 17.7. The molecule has 1 aliphatic rings. The highest BCUT2D eigenvalue weighted by molar-refractivity contribution is 6.05. The number of ether oxygens (including phenoxy) is 1. The lowest BCUT2D eigenvalue weighted by molar-refractivity contribution is 0.0341. The van der Waals surface area contributed by atoms with Gasteiger partial charge < -0.3 is 30.7 Å². The Morgan fingerprint density at radius 2 is 1.83 bits per heavy atom. The van der Waals surface area contributed by atoms with Crippen LogP contribution in [-0.2, 0) is 6.54 Å². The van der Waals surface area contributed by atoms with Crippen molar-refractivity contribution < 1.29 is 19.4 Å². The molecular weight excluding hydrogens is 518 g/mol. The zero-order chi connectivity index (χ0) is 29.7. The van der Waals surface area contributed by atoms with Crippen LogP contribution >= 0.6 is 0 Å². The van der Waals surface area contributed by atoms with Crippen molar-refractivity contribution in [3.63, 3.8) is 0 Å². The quantitative estimate of drug-likeness (QED) is 0.341. The molecule has 9 heteroatoms. The van der Waals surface area contributed by atoms with Gasteiger partial charge in [0.25, 0.3) is 11.8 Å². The third-order valence-electron chi connectivity index (χ3n) is 7.53. The molecule has 0 aromatic heterocycles. The summed E-state index contributed by atoms with van der Waals surface area (Å²) in [5, 5.41) is 12.7. The standard InChI is InChI=1S/C32H41N5O4/c1-21-17-37(22(2)20-38)32(40)26-16-25(35(3)4)14-15-29(26)41-30(21)19-36(5)18-23-10-12-24(13-11-23)31(39)34-28-9-7-6-8-27(28)33/h6-16,21-22,30,38H,17-20,33H2,1-5H3,(H,34,39)/t21-,22+,30-/m0/s1. The first-order chi connectivity index (χ1) is 19.6. The van der Waals surface area contributed by atoms with Crippen molar-refractivity contribution in [2.75, 3.05) is 56.8 Å². The van der Waals surface area contributed by atoms with Crippen LogP contribution in [0.15, 0.2) is 66.7 Å². The molecule has 1 aliphatic heterocycles. The van der Waals surface area contributed by atoms with Gasteiger partial charge in [-0.2, -0.15) is 0 Å². The number of nitrogen functional groups attached to an aromatic ring is 1. The number of hydrogen-bond acceptors (Lipinski definition) is 7. The number of anilines is 3. The van der Waals surface area contributed by atoms with Crippen LogP contribution in [-0.4, -0.2) is 79.7 Å². The van der Waals surface area contributed by atoms with E-state index in [9.17, 15) is 14.7 Å². The van der Waals surface area contributed by atoms with Crippen LogP contribution in [0.1, 0.15) is 40.1 Å². The van der Waals surface area contributed by atoms with E-state index in [1.165, 1.54) is 0 Å². The Labute approximate surface area is 242 Å². The summed E-state index contributed by atoms with van der Waals surface area (Å²) in [6, 6.07) is 20.0. The molecule has 0 saturated heterocycles. The molecule has 4 rings (SSSR count). The molecule has 3 aromatic carbocycles. The fourth-order valence-electron chi connectivity index (χ4n) is 4.96. The van der Waals surface area contributed by atoms with Crippen molar-refractivity contribution in [3.8, 4) is 5.75 Å². The van der Waals surface area contributed by atoms with Gasteiger partial charge >= 0.3 is 0 Å². The highest BCUT2D eigenvalue weighted by Crippen LogP contribution is 2.31. The summed E-state index contributed by atoms with van der Waals surface area (Å²) in [6.07, 6.45) is -0.188. The Hall–Kier alpha value is -4.08. The highest BCUT2D eigenvalue weighted by Gasteiger charge is 2.33. The third kappa shape index (κ3) is 7.17. The van der Waals surface area contributed by atoms with Crippen LogP contribution in [0.25, 0.3) is 0 Å². The van der Waals surface area contributed by atoms with Crippen LogP contribution in [0.3, 0.4) is 0 Å². The van der Waals surface area contributed by atoms with Gasteiger partial charge in [-0.05, 0) is 62.0 Å². The van der Waals surface area contributed by atoms with Crippen LogP contribution in [0.2, 0.25) is 0 Å². The minimum absolute atomic E-state index is 0.0218. The van der Waals surface area contributed by atoms with E-state index in [1.807, 2.05) is 87.6 Å². The van der Waals surface area contributed by atoms with Gasteiger partial charge in [-0.15, -0.1) is 0 Å². The van der Waals surface area contributed by atoms with Crippen molar-refractivity contribution in [1.29, 1.82) is 0 Å². The molecule has 0 aliphatic carbocycles. The molecule has 0 fully saturated rings. The largest absolute Gasteiger partial charge is 0.488 e. The Morgan fingerprint density at radius 1 is 1.12 bits per heavy atom. The monoisotopic (exact) mass is 559 g/mol. The van der Waals surface area contributed by atoms with Gasteiger partial charge in [0, 0.05) is 50.9 Å². The molecular formula is C32H41N5O4. The van der Waals surface area contributed by atoms with E-state index in [0.717, 1.165) is 11.3 Å². The molecule has 3 atom stereocenters. The lowest BCUT2D eigenvalue weighted by Gasteiger charge is -2.38. The summed E-state index contributed by atoms with van der Waals surface area (Å²) >= 11 is 0. The number of carbonyl (C=O) groups excluding carboxylic acids is 2. The van der Waals surface area contributed by atoms with Crippen molar-refractivity contribution in [3.05, 3.63) is 83.4 Å². The van der Waals surface area contributed by atoms with E-state index in [-0.39, 0.29) is 36.5 Å². The van der Waals surface area contributed by atoms with Crippen LogP contribution in [0.4, 0.5) is 17.1 Å². The number of rotatable bonds is 9. The van der Waals surface area contributed by atoms with Crippen molar-refractivity contribution in [2.24, 2.45) is 5.92 Å². The second-order valence-corrected chi connectivity index (χ2v) is 11.1. The number of amides is 2. The maximum absolute atomic E-state index is 13.5. The summed E-state index contributed by atoms with van der Waals surface area (Å²) in [5.74, 6) is 0.221. The first kappa shape index (κ1) is 29.9. The number of hydrogen-bond donors (Lipinski definition) is 3. The van der Waals surface area contributed by atoms with Gasteiger partial charge in [-0.1, -0.05) is 31.2 Å². The molecule has 4 N–H and O–H groups in total. The van der Waals surface area contributed by atoms with Gasteiger partial charge in [0.1, 0.15) is 11.9 Å². The molecule has 0 unspecified atom stereocenters. The summed E-state index contributed by atoms with van der Waals surface area (Å²) in [6.45, 7) is 5.58. The van der Waals surface area contributed by atoms with Gasteiger partial charge in [-0.3, -0.25) is 14.5 Å². The zero-order valence-corrected chi connectivity index (χ0v) is 24.5. The second kappa shape index (κ2) is 13.1. The van der Waals surface area contributed by atoms with Gasteiger partial charge in [0.15, 0.2) is 0 Å². The molecule has 3 aromatic rings. The number of carbonyl (C=O) groups is 2. The zero-order valence-electron chi connectivity index (χ0n) is 24.5. The van der Waals surface area contributed by atoms with E-state index < -0.39 is 0 Å². The maximum Gasteiger partial charge on any atom is 0.258 e. The molecule has 0 radical (unpaired) electrons. The Balaban J connectivity index is 1.47. The Morgan fingerprint density at radius 3 is 2.49 bits per heavy atom. The fraction of sp³-hybridized carbons (Fsp3) is 0.375. The number of aliphatic hydroxyl groups is 1. The van der Waals surface area contributed by atoms with E-state index >= 15 is 0 Å². The lowest BCUT2D eigenvalue weighted by Crippen LogP contribution is -2.49. The Bertz CT molecular complexity index is 1360. The van der Waals surface area contributed by atoms with E-state index in [2.05, 4.69) is 17.1 Å². The number of aliphatic hydroxyl groups excluding tert-OH is 1. The van der Waals surface area contributed by atoms with Gasteiger partial charge in [-0.25, -0.2) is 0 Å². The molecule has 9 nitrogen and oxygen atoms in total. The van der Waals surface area contributed by atoms with Crippen molar-refractivity contribution in [1.82, 2.24) is 9.80 Å². The highest BCUT2D eigenvalue weighted by atomic mass is 16.5. The summed E-state index contributed by atoms with van der Waals surface area (Å²) in [7, 11) is 5.90. The lowest BCUT2D eigenvalue weighted by atomic mass is 9.99. The van der Waals surface area contributed by atoms with E-state index in [4.69, 9.17) is 10.5 Å². The van der Waals surface area contributed by atoms with Gasteiger partial charge in [0.2, 0.25) is 0 Å². The molecule has 1 heterocycles. The number of nitrogens with zero attached hydrogens (tertiary/aromatic N) is 3. The van der Waals surface area contributed by atoms with Crippen LogP contribution in [0.5, 0.6) is 5.75 Å². The third-order valence-corrected chi connectivity index (χ3v) is 7.53. The molecule has 0 bridgehead atoms. The topological polar surface area (TPSA) is 111 Å². The number of nitrogens with two attached hydrogens (primary N) is 1. The number of nitrogens with one attached hydrogen (secondary N) is 1. The average Bonchev–Trinajstić information content (AvgIpc) is 2.95. The average molecular weight is 560 g/mol. The molecule has 0 spiro atoms. The van der Waals surface area contributed by atoms with Crippen molar-refractivity contribution >= 4 is 28.9 Å². The van der Waals surface area contributed by atoms with E-state index in [0.29, 0.717) is 47.9 Å². The minimum Gasteiger partial charge on any atom is -0.488 e. The van der Waals surface area contributed by atoms with Crippen LogP contribution in [0, 0.1) is 5.92 Å². The molecule has 41 heavy (non-hydrogen) atoms. The SMILES string of the molecule is C[C@H](CO)N1C[C@H](C)[C@H](CN(C)Cc2ccc(C(=O)Nc3ccccc3N)cc2)Oc2ccc(N(C)C)cc2C1=O. The summed E-state index contributed by atoms with van der Waals surface area (Å²) in [5.41, 5.74) is 10.1. The first-order valence-electron chi connectivity index (χ1n) is 13.9. The number of fused-ring (bicyclic) bond motifs is 1. The predicted molar refractivity (Wildman–Crippen MR) is 164 cm³/mol. The maximum atomic E-state index is 13.5. The van der Waals surface area contributed by atoms with Gasteiger partial charge in [0.05, 0.1) is 29.6 Å². The summed E-state index contributed by atoms with van der Waals surface area (Å²) < 4.78 is 6.51. The first-order valence-corrected chi connectivity index (χ1v) is 13.9. The van der Waals surface area contributed by atoms with E-state index in [1.54, 1.807) is 17.0 Å². The smallest absolute Gasteiger partial charge is 0.258 e.